The number of halogens is 2. The summed E-state index contributed by atoms with van der Waals surface area (Å²) in [4.78, 5) is 23.8. The molecule has 0 spiro atoms. The van der Waals surface area contributed by atoms with Crippen LogP contribution >= 0.6 is 0 Å². The van der Waals surface area contributed by atoms with Crippen LogP contribution in [0.2, 0.25) is 0 Å². The molecular formula is C16H14F2N2O2. The smallest absolute Gasteiger partial charge is 0.254 e. The molecule has 0 saturated heterocycles. The summed E-state index contributed by atoms with van der Waals surface area (Å²) >= 11 is 0. The zero-order valence-corrected chi connectivity index (χ0v) is 11.8. The molecule has 22 heavy (non-hydrogen) atoms. The van der Waals surface area contributed by atoms with E-state index in [1.807, 2.05) is 0 Å². The fourth-order valence-electron chi connectivity index (χ4n) is 1.79. The lowest BCUT2D eigenvalue weighted by atomic mass is 10.2. The largest absolute Gasteiger partial charge is 0.340 e. The summed E-state index contributed by atoms with van der Waals surface area (Å²) in [5, 5.41) is 4.72. The Hall–Kier alpha value is -2.76. The Bertz CT molecular complexity index is 704. The van der Waals surface area contributed by atoms with E-state index < -0.39 is 29.5 Å². The minimum atomic E-state index is -0.952. The maximum atomic E-state index is 13.5. The Morgan fingerprint density at radius 2 is 1.55 bits per heavy atom. The number of rotatable bonds is 4. The van der Waals surface area contributed by atoms with Crippen molar-refractivity contribution in [2.45, 2.75) is 13.0 Å². The highest BCUT2D eigenvalue weighted by molar-refractivity contribution is 6.01. The fraction of sp³-hybridized carbons (Fsp3) is 0.125. The minimum absolute atomic E-state index is 0.0134. The topological polar surface area (TPSA) is 58.2 Å². The average molecular weight is 304 g/mol. The van der Waals surface area contributed by atoms with Gasteiger partial charge in [0.15, 0.2) is 0 Å². The first kappa shape index (κ1) is 15.6. The van der Waals surface area contributed by atoms with E-state index in [-0.39, 0.29) is 11.3 Å². The average Bonchev–Trinajstić information content (AvgIpc) is 2.49. The zero-order chi connectivity index (χ0) is 16.1. The van der Waals surface area contributed by atoms with E-state index in [1.165, 1.54) is 43.3 Å². The molecule has 0 unspecified atom stereocenters. The second-order valence-corrected chi connectivity index (χ2v) is 4.64. The molecule has 0 radical (unpaired) electrons. The first-order valence-corrected chi connectivity index (χ1v) is 6.60. The summed E-state index contributed by atoms with van der Waals surface area (Å²) in [6.45, 7) is 1.43. The van der Waals surface area contributed by atoms with Gasteiger partial charge in [0.2, 0.25) is 5.91 Å². The van der Waals surface area contributed by atoms with Gasteiger partial charge in [0.1, 0.15) is 17.7 Å². The van der Waals surface area contributed by atoms with Crippen LogP contribution in [0.4, 0.5) is 14.5 Å². The second-order valence-electron chi connectivity index (χ2n) is 4.64. The van der Waals surface area contributed by atoms with Crippen molar-refractivity contribution in [3.63, 3.8) is 0 Å². The summed E-state index contributed by atoms with van der Waals surface area (Å²) in [6.07, 6.45) is 0. The number of hydrogen-bond acceptors (Lipinski definition) is 2. The van der Waals surface area contributed by atoms with Gasteiger partial charge in [-0.15, -0.1) is 0 Å². The van der Waals surface area contributed by atoms with Gasteiger partial charge in [-0.1, -0.05) is 24.3 Å². The number of benzene rings is 2. The lowest BCUT2D eigenvalue weighted by Gasteiger charge is -2.14. The molecule has 0 aliphatic carbocycles. The lowest BCUT2D eigenvalue weighted by Crippen LogP contribution is -2.42. The van der Waals surface area contributed by atoms with Crippen molar-refractivity contribution in [1.29, 1.82) is 0 Å². The predicted molar refractivity (Wildman–Crippen MR) is 78.4 cm³/mol. The Balaban J connectivity index is 2.01. The van der Waals surface area contributed by atoms with Gasteiger partial charge in [0.25, 0.3) is 5.91 Å². The molecule has 0 aliphatic heterocycles. The quantitative estimate of drug-likeness (QED) is 0.912. The van der Waals surface area contributed by atoms with Crippen LogP contribution < -0.4 is 10.6 Å². The van der Waals surface area contributed by atoms with Crippen LogP contribution in [0.1, 0.15) is 17.3 Å². The molecule has 0 aromatic heterocycles. The molecule has 0 fully saturated rings. The fourth-order valence-corrected chi connectivity index (χ4v) is 1.79. The third-order valence-corrected chi connectivity index (χ3v) is 2.99. The molecular weight excluding hydrogens is 290 g/mol. The Morgan fingerprint density at radius 3 is 2.18 bits per heavy atom. The Morgan fingerprint density at radius 1 is 0.955 bits per heavy atom. The van der Waals surface area contributed by atoms with E-state index in [9.17, 15) is 18.4 Å². The molecule has 6 heteroatoms. The van der Waals surface area contributed by atoms with Gasteiger partial charge in [0.05, 0.1) is 11.3 Å². The molecule has 4 nitrogen and oxygen atoms in total. The number of anilines is 1. The molecule has 2 aromatic rings. The number of carbonyl (C=O) groups is 2. The summed E-state index contributed by atoms with van der Waals surface area (Å²) in [6, 6.07) is 10.2. The van der Waals surface area contributed by atoms with Crippen LogP contribution in [0.25, 0.3) is 0 Å². The summed E-state index contributed by atoms with van der Waals surface area (Å²) in [5.41, 5.74) is -0.146. The number of carbonyl (C=O) groups excluding carboxylic acids is 2. The Labute approximate surface area is 126 Å². The van der Waals surface area contributed by atoms with Gasteiger partial charge in [0, 0.05) is 0 Å². The predicted octanol–water partition coefficient (Wildman–Crippen LogP) is 2.72. The number of amides is 2. The van der Waals surface area contributed by atoms with Gasteiger partial charge < -0.3 is 10.6 Å². The van der Waals surface area contributed by atoms with E-state index in [1.54, 1.807) is 6.07 Å². The molecule has 114 valence electrons. The molecule has 2 amide bonds. The van der Waals surface area contributed by atoms with Crippen LogP contribution in [0.5, 0.6) is 0 Å². The van der Waals surface area contributed by atoms with E-state index in [2.05, 4.69) is 10.6 Å². The van der Waals surface area contributed by atoms with E-state index >= 15 is 0 Å². The maximum Gasteiger partial charge on any atom is 0.254 e. The monoisotopic (exact) mass is 304 g/mol. The van der Waals surface area contributed by atoms with Gasteiger partial charge in [-0.3, -0.25) is 9.59 Å². The summed E-state index contributed by atoms with van der Waals surface area (Å²) < 4.78 is 26.9. The van der Waals surface area contributed by atoms with Gasteiger partial charge in [-0.2, -0.15) is 0 Å². The minimum Gasteiger partial charge on any atom is -0.340 e. The number of hydrogen-bond donors (Lipinski definition) is 2. The first-order valence-electron chi connectivity index (χ1n) is 6.60. The number of nitrogens with one attached hydrogen (secondary N) is 2. The molecule has 2 rings (SSSR count). The van der Waals surface area contributed by atoms with Crippen molar-refractivity contribution in [1.82, 2.24) is 5.32 Å². The van der Waals surface area contributed by atoms with Crippen LogP contribution in [-0.4, -0.2) is 17.9 Å². The van der Waals surface area contributed by atoms with Crippen molar-refractivity contribution in [3.05, 3.63) is 65.7 Å². The highest BCUT2D eigenvalue weighted by Gasteiger charge is 2.19. The third-order valence-electron chi connectivity index (χ3n) is 2.99. The first-order chi connectivity index (χ1) is 10.5. The van der Waals surface area contributed by atoms with Crippen molar-refractivity contribution in [2.75, 3.05) is 5.32 Å². The van der Waals surface area contributed by atoms with Crippen LogP contribution in [-0.2, 0) is 4.79 Å². The molecule has 2 aromatic carbocycles. The number of para-hydroxylation sites is 1. The highest BCUT2D eigenvalue weighted by atomic mass is 19.1. The van der Waals surface area contributed by atoms with Crippen molar-refractivity contribution in [2.24, 2.45) is 0 Å². The molecule has 2 N–H and O–H groups in total. The lowest BCUT2D eigenvalue weighted by molar-refractivity contribution is -0.117. The third kappa shape index (κ3) is 3.66. The molecule has 0 bridgehead atoms. The standard InChI is InChI=1S/C16H14F2N2O2/c1-10(15(21)20-14-9-5-4-8-13(14)18)19-16(22)11-6-2-3-7-12(11)17/h2-10H,1H3,(H,19,22)(H,20,21)/t10-/m0/s1. The molecule has 1 atom stereocenters. The van der Waals surface area contributed by atoms with Gasteiger partial charge >= 0.3 is 0 Å². The zero-order valence-electron chi connectivity index (χ0n) is 11.8. The molecule has 0 aliphatic rings. The van der Waals surface area contributed by atoms with Crippen LogP contribution in [0.3, 0.4) is 0 Å². The molecule has 0 saturated carbocycles. The highest BCUT2D eigenvalue weighted by Crippen LogP contribution is 2.13. The summed E-state index contributed by atoms with van der Waals surface area (Å²) in [7, 11) is 0. The van der Waals surface area contributed by atoms with Crippen LogP contribution in [0, 0.1) is 11.6 Å². The van der Waals surface area contributed by atoms with Crippen molar-refractivity contribution >= 4 is 17.5 Å². The second kappa shape index (κ2) is 6.80. The summed E-state index contributed by atoms with van der Waals surface area (Å²) in [5.74, 6) is -2.57. The maximum absolute atomic E-state index is 13.5. The van der Waals surface area contributed by atoms with E-state index in [4.69, 9.17) is 0 Å². The molecule has 0 heterocycles. The van der Waals surface area contributed by atoms with Crippen molar-refractivity contribution in [3.8, 4) is 0 Å². The van der Waals surface area contributed by atoms with E-state index in [0.717, 1.165) is 6.07 Å². The SMILES string of the molecule is C[C@H](NC(=O)c1ccccc1F)C(=O)Nc1ccccc1F. The normalized spacial score (nSPS) is 11.6. The van der Waals surface area contributed by atoms with Crippen molar-refractivity contribution < 1.29 is 18.4 Å². The van der Waals surface area contributed by atoms with Gasteiger partial charge in [-0.05, 0) is 31.2 Å². The van der Waals surface area contributed by atoms with Crippen LogP contribution in [0.15, 0.2) is 48.5 Å². The van der Waals surface area contributed by atoms with E-state index in [0.29, 0.717) is 0 Å². The Kier molecular flexibility index (Phi) is 4.83. The van der Waals surface area contributed by atoms with Gasteiger partial charge in [-0.25, -0.2) is 8.78 Å².